The first-order valence-electron chi connectivity index (χ1n) is 13.2. The molecule has 6 rings (SSSR count). The molecule has 0 saturated carbocycles. The summed E-state index contributed by atoms with van der Waals surface area (Å²) in [6.07, 6.45) is 6.35. The lowest BCUT2D eigenvalue weighted by molar-refractivity contribution is -0.146. The van der Waals surface area contributed by atoms with Crippen molar-refractivity contribution < 1.29 is 23.8 Å². The first kappa shape index (κ1) is 25.9. The number of ether oxygens (including phenoxy) is 1. The van der Waals surface area contributed by atoms with Gasteiger partial charge in [-0.25, -0.2) is 24.6 Å². The summed E-state index contributed by atoms with van der Waals surface area (Å²) in [4.78, 5) is 43.1. The van der Waals surface area contributed by atoms with Gasteiger partial charge in [-0.3, -0.25) is 9.59 Å². The zero-order valence-electron chi connectivity index (χ0n) is 22.5. The van der Waals surface area contributed by atoms with E-state index in [1.54, 1.807) is 27.0 Å². The summed E-state index contributed by atoms with van der Waals surface area (Å²) in [6, 6.07) is 3.71. The SMILES string of the molecule is CC(C)(Cc1coc(C2(C)C(=O)Nc3nc(-c4nn(CC5CCCCO5)c5ncccc45)nc(N)c32)n1)C(=O)O. The molecule has 0 aromatic carbocycles. The number of fused-ring (bicyclic) bond motifs is 2. The van der Waals surface area contributed by atoms with Gasteiger partial charge in [0, 0.05) is 19.2 Å². The molecule has 208 valence electrons. The van der Waals surface area contributed by atoms with Crippen molar-refractivity contribution in [3.05, 3.63) is 41.7 Å². The number of anilines is 2. The van der Waals surface area contributed by atoms with Gasteiger partial charge in [0.05, 0.1) is 34.7 Å². The second-order valence-corrected chi connectivity index (χ2v) is 11.1. The molecule has 1 amide bonds. The van der Waals surface area contributed by atoms with Crippen molar-refractivity contribution in [2.75, 3.05) is 17.7 Å². The van der Waals surface area contributed by atoms with Crippen LogP contribution in [0.2, 0.25) is 0 Å². The Hall–Kier alpha value is -4.39. The highest BCUT2D eigenvalue weighted by molar-refractivity contribution is 6.08. The molecule has 6 heterocycles. The van der Waals surface area contributed by atoms with Crippen LogP contribution in [0.4, 0.5) is 11.6 Å². The zero-order valence-corrected chi connectivity index (χ0v) is 22.5. The standard InChI is InChI=1S/C27H30N8O5/c1-26(2,25(37)38)11-14-13-40-24(30-14)27(3)17-19(28)31-21(32-20(17)33-23(27)36)18-16-8-6-9-29-22(16)35(34-18)12-15-7-4-5-10-39-15/h6,8-9,13,15H,4-5,7,10-12H2,1-3H3,(H,37,38)(H3,28,31,32,33,36). The topological polar surface area (TPSA) is 184 Å². The summed E-state index contributed by atoms with van der Waals surface area (Å²) in [5, 5.41) is 17.8. The molecule has 4 aromatic rings. The number of nitrogens with one attached hydrogen (secondary N) is 1. The number of aromatic nitrogens is 6. The number of oxazole rings is 1. The Morgan fingerprint density at radius 3 is 2.88 bits per heavy atom. The van der Waals surface area contributed by atoms with E-state index >= 15 is 0 Å². The third-order valence-corrected chi connectivity index (χ3v) is 7.67. The molecule has 4 aromatic heterocycles. The van der Waals surface area contributed by atoms with Crippen LogP contribution in [0.15, 0.2) is 29.0 Å². The van der Waals surface area contributed by atoms with Crippen LogP contribution in [-0.4, -0.2) is 59.4 Å². The number of amides is 1. The largest absolute Gasteiger partial charge is 0.481 e. The second-order valence-electron chi connectivity index (χ2n) is 11.1. The van der Waals surface area contributed by atoms with Crippen molar-refractivity contribution in [1.29, 1.82) is 0 Å². The van der Waals surface area contributed by atoms with E-state index in [1.165, 1.54) is 6.26 Å². The Bertz CT molecular complexity index is 1640. The van der Waals surface area contributed by atoms with Crippen molar-refractivity contribution in [3.8, 4) is 11.5 Å². The monoisotopic (exact) mass is 546 g/mol. The van der Waals surface area contributed by atoms with Gasteiger partial charge in [0.1, 0.15) is 23.6 Å². The van der Waals surface area contributed by atoms with Crippen LogP contribution < -0.4 is 11.1 Å². The molecule has 13 nitrogen and oxygen atoms in total. The molecule has 2 aliphatic heterocycles. The molecule has 13 heteroatoms. The fourth-order valence-corrected chi connectivity index (χ4v) is 5.31. The number of nitrogens with zero attached hydrogens (tertiary/aromatic N) is 6. The number of nitrogens with two attached hydrogens (primary N) is 1. The lowest BCUT2D eigenvalue weighted by Crippen LogP contribution is -2.33. The van der Waals surface area contributed by atoms with Gasteiger partial charge in [-0.05, 0) is 52.2 Å². The molecule has 0 spiro atoms. The number of hydrogen-bond acceptors (Lipinski definition) is 10. The van der Waals surface area contributed by atoms with Gasteiger partial charge in [-0.2, -0.15) is 5.10 Å². The first-order valence-corrected chi connectivity index (χ1v) is 13.2. The van der Waals surface area contributed by atoms with Crippen LogP contribution in [-0.2, 0) is 32.7 Å². The van der Waals surface area contributed by atoms with E-state index in [4.69, 9.17) is 20.0 Å². The number of pyridine rings is 1. The summed E-state index contributed by atoms with van der Waals surface area (Å²) in [5.41, 5.74) is 5.92. The molecule has 1 saturated heterocycles. The van der Waals surface area contributed by atoms with Gasteiger partial charge in [0.25, 0.3) is 0 Å². The highest BCUT2D eigenvalue weighted by Crippen LogP contribution is 2.45. The minimum absolute atomic E-state index is 0.0458. The number of aliphatic carboxylic acids is 1. The smallest absolute Gasteiger partial charge is 0.309 e. The van der Waals surface area contributed by atoms with E-state index in [2.05, 4.69) is 25.3 Å². The predicted octanol–water partition coefficient (Wildman–Crippen LogP) is 2.94. The van der Waals surface area contributed by atoms with E-state index in [9.17, 15) is 14.7 Å². The van der Waals surface area contributed by atoms with E-state index in [0.29, 0.717) is 29.1 Å². The molecule has 2 atom stereocenters. The molecular weight excluding hydrogens is 516 g/mol. The van der Waals surface area contributed by atoms with Gasteiger partial charge in [-0.15, -0.1) is 0 Å². The number of carbonyl (C=O) groups excluding carboxylic acids is 1. The molecule has 4 N–H and O–H groups in total. The summed E-state index contributed by atoms with van der Waals surface area (Å²) in [5.74, 6) is -0.754. The molecule has 0 radical (unpaired) electrons. The van der Waals surface area contributed by atoms with Crippen LogP contribution in [0.5, 0.6) is 0 Å². The summed E-state index contributed by atoms with van der Waals surface area (Å²) < 4.78 is 13.4. The Labute approximate surface area is 229 Å². The Kier molecular flexibility index (Phi) is 6.06. The summed E-state index contributed by atoms with van der Waals surface area (Å²) in [7, 11) is 0. The van der Waals surface area contributed by atoms with Gasteiger partial charge in [0.15, 0.2) is 16.9 Å². The van der Waals surface area contributed by atoms with Crippen molar-refractivity contribution in [1.82, 2.24) is 29.7 Å². The van der Waals surface area contributed by atoms with Crippen molar-refractivity contribution in [2.45, 2.75) is 64.5 Å². The number of nitrogen functional groups attached to an aromatic ring is 1. The third-order valence-electron chi connectivity index (χ3n) is 7.67. The first-order chi connectivity index (χ1) is 19.1. The summed E-state index contributed by atoms with van der Waals surface area (Å²) >= 11 is 0. The van der Waals surface area contributed by atoms with Gasteiger partial charge in [-0.1, -0.05) is 0 Å². The fraction of sp³-hybridized carbons (Fsp3) is 0.444. The number of carboxylic acid groups (broad SMARTS) is 1. The molecule has 1 fully saturated rings. The van der Waals surface area contributed by atoms with E-state index < -0.39 is 22.7 Å². The van der Waals surface area contributed by atoms with Gasteiger partial charge >= 0.3 is 5.97 Å². The normalized spacial score (nSPS) is 21.0. The maximum Gasteiger partial charge on any atom is 0.309 e. The zero-order chi connectivity index (χ0) is 28.2. The highest BCUT2D eigenvalue weighted by atomic mass is 16.5. The number of carbonyl (C=O) groups is 2. The molecular formula is C27H30N8O5. The minimum atomic E-state index is -1.41. The van der Waals surface area contributed by atoms with Crippen LogP contribution >= 0.6 is 0 Å². The van der Waals surface area contributed by atoms with E-state index in [-0.39, 0.29) is 35.9 Å². The molecule has 0 bridgehead atoms. The Morgan fingerprint density at radius 1 is 1.30 bits per heavy atom. The minimum Gasteiger partial charge on any atom is -0.481 e. The lowest BCUT2D eigenvalue weighted by Gasteiger charge is -2.22. The van der Waals surface area contributed by atoms with E-state index in [1.807, 2.05) is 16.8 Å². The number of hydrogen-bond donors (Lipinski definition) is 3. The van der Waals surface area contributed by atoms with Crippen molar-refractivity contribution in [2.24, 2.45) is 5.41 Å². The van der Waals surface area contributed by atoms with Crippen molar-refractivity contribution >= 4 is 34.5 Å². The number of carboxylic acids is 1. The lowest BCUT2D eigenvalue weighted by atomic mass is 9.84. The number of rotatable bonds is 7. The quantitative estimate of drug-likeness (QED) is 0.309. The molecule has 40 heavy (non-hydrogen) atoms. The van der Waals surface area contributed by atoms with Crippen molar-refractivity contribution in [3.63, 3.8) is 0 Å². The maximum absolute atomic E-state index is 13.3. The highest BCUT2D eigenvalue weighted by Gasteiger charge is 2.51. The van der Waals surface area contributed by atoms with E-state index in [0.717, 1.165) is 31.3 Å². The van der Waals surface area contributed by atoms with Crippen LogP contribution in [0, 0.1) is 5.41 Å². The van der Waals surface area contributed by atoms with Gasteiger partial charge in [0.2, 0.25) is 11.8 Å². The van der Waals surface area contributed by atoms with Crippen LogP contribution in [0.1, 0.15) is 57.2 Å². The van der Waals surface area contributed by atoms with Crippen LogP contribution in [0.3, 0.4) is 0 Å². The summed E-state index contributed by atoms with van der Waals surface area (Å²) in [6.45, 7) is 6.10. The average molecular weight is 547 g/mol. The molecule has 0 aliphatic carbocycles. The average Bonchev–Trinajstić information content (AvgIpc) is 3.60. The van der Waals surface area contributed by atoms with Gasteiger partial charge < -0.3 is 25.3 Å². The maximum atomic E-state index is 13.3. The predicted molar refractivity (Wildman–Crippen MR) is 143 cm³/mol. The third kappa shape index (κ3) is 4.17. The second kappa shape index (κ2) is 9.37. The fourth-order valence-electron chi connectivity index (χ4n) is 5.31. The molecule has 2 aliphatic rings. The Balaban J connectivity index is 1.37. The molecule has 2 unspecified atom stereocenters. The Morgan fingerprint density at radius 2 is 2.12 bits per heavy atom. The van der Waals surface area contributed by atoms with Crippen LogP contribution in [0.25, 0.3) is 22.6 Å².